The van der Waals surface area contributed by atoms with Crippen molar-refractivity contribution in [2.24, 2.45) is 26.6 Å². The Morgan fingerprint density at radius 1 is 1.06 bits per heavy atom. The Kier molecular flexibility index (Phi) is 7.41. The molecule has 2 rings (SSSR count). The topological polar surface area (TPSA) is 234 Å². The van der Waals surface area contributed by atoms with E-state index < -0.39 is 51.4 Å². The highest BCUT2D eigenvalue weighted by Crippen LogP contribution is 2.34. The average molecular weight is 482 g/mol. The van der Waals surface area contributed by atoms with E-state index in [0.29, 0.717) is 0 Å². The lowest BCUT2D eigenvalue weighted by Crippen LogP contribution is -2.50. The number of sulfonamides is 2. The molecule has 0 spiro atoms. The zero-order chi connectivity index (χ0) is 23.3. The second kappa shape index (κ2) is 9.45. The van der Waals surface area contributed by atoms with Gasteiger partial charge in [-0.15, -0.1) is 14.7 Å². The summed E-state index contributed by atoms with van der Waals surface area (Å²) >= 11 is 0. The predicted molar refractivity (Wildman–Crippen MR) is 103 cm³/mol. The monoisotopic (exact) mass is 482 g/mol. The van der Waals surface area contributed by atoms with Gasteiger partial charge in [0.05, 0.1) is 22.2 Å². The molecule has 0 saturated heterocycles. The molecular weight excluding hydrogens is 464 g/mol. The van der Waals surface area contributed by atoms with E-state index in [1.54, 1.807) is 0 Å². The molecule has 18 heteroatoms. The van der Waals surface area contributed by atoms with Gasteiger partial charge in [0.25, 0.3) is 0 Å². The summed E-state index contributed by atoms with van der Waals surface area (Å²) in [5.74, 6) is 0. The zero-order valence-corrected chi connectivity index (χ0v) is 17.5. The van der Waals surface area contributed by atoms with E-state index in [1.807, 2.05) is 0 Å². The molecule has 172 valence electrons. The first kappa shape index (κ1) is 24.3. The van der Waals surface area contributed by atoms with Crippen molar-refractivity contribution in [2.45, 2.75) is 29.3 Å². The highest BCUT2D eigenvalue weighted by molar-refractivity contribution is 7.90. The van der Waals surface area contributed by atoms with Gasteiger partial charge in [-0.25, -0.2) is 22.0 Å². The molecule has 1 atom stereocenters. The summed E-state index contributed by atoms with van der Waals surface area (Å²) in [5.41, 5.74) is -1.23. The first-order valence-corrected chi connectivity index (χ1v) is 11.3. The van der Waals surface area contributed by atoms with E-state index in [9.17, 15) is 31.6 Å². The Morgan fingerprint density at radius 2 is 1.58 bits per heavy atom. The maximum Gasteiger partial charge on any atom is 0.244 e. The summed E-state index contributed by atoms with van der Waals surface area (Å²) in [4.78, 5) is 43.9. The van der Waals surface area contributed by atoms with Crippen LogP contribution in [-0.4, -0.2) is 42.8 Å². The van der Waals surface area contributed by atoms with E-state index in [0.717, 1.165) is 6.07 Å². The minimum Gasteiger partial charge on any atom is -0.368 e. The Hall–Kier alpha value is -2.96. The van der Waals surface area contributed by atoms with Gasteiger partial charge in [0.15, 0.2) is 16.0 Å². The normalized spacial score (nSPS) is 17.5. The number of nitrogens with one attached hydrogen (secondary N) is 2. The fourth-order valence-corrected chi connectivity index (χ4v) is 5.28. The van der Waals surface area contributed by atoms with Crippen LogP contribution in [0.1, 0.15) is 12.0 Å². The van der Waals surface area contributed by atoms with Crippen molar-refractivity contribution in [3.05, 3.63) is 32.4 Å². The Morgan fingerprint density at radius 3 is 2.03 bits per heavy atom. The fourth-order valence-electron chi connectivity index (χ4n) is 3.10. The second-order valence-electron chi connectivity index (χ2n) is 6.73. The van der Waals surface area contributed by atoms with Crippen molar-refractivity contribution in [1.29, 1.82) is 0 Å². The van der Waals surface area contributed by atoms with Gasteiger partial charge < -0.3 is 19.8 Å². The molecule has 31 heavy (non-hydrogen) atoms. The predicted octanol–water partition coefficient (Wildman–Crippen LogP) is 0.143. The second-order valence-corrected chi connectivity index (χ2v) is 9.94. The third kappa shape index (κ3) is 5.81. The van der Waals surface area contributed by atoms with Crippen LogP contribution in [0.25, 0.3) is 0 Å². The molecule has 1 unspecified atom stereocenters. The van der Waals surface area contributed by atoms with E-state index in [4.69, 9.17) is 5.14 Å². The van der Waals surface area contributed by atoms with Gasteiger partial charge >= 0.3 is 0 Å². The third-order valence-electron chi connectivity index (χ3n) is 4.41. The highest BCUT2D eigenvalue weighted by Gasteiger charge is 2.41. The first-order valence-electron chi connectivity index (χ1n) is 8.28. The summed E-state index contributed by atoms with van der Waals surface area (Å²) in [7, 11) is -8.42. The number of benzene rings is 1. The third-order valence-corrected chi connectivity index (χ3v) is 6.97. The van der Waals surface area contributed by atoms with E-state index in [2.05, 4.69) is 40.6 Å². The van der Waals surface area contributed by atoms with E-state index in [1.165, 1.54) is 13.0 Å². The van der Waals surface area contributed by atoms with Gasteiger partial charge in [-0.2, -0.15) is 4.72 Å². The summed E-state index contributed by atoms with van der Waals surface area (Å²) in [6.07, 6.45) is -1.36. The molecule has 0 saturated carbocycles. The maximum atomic E-state index is 12.7. The van der Waals surface area contributed by atoms with Crippen molar-refractivity contribution in [3.63, 3.8) is 0 Å². The lowest BCUT2D eigenvalue weighted by molar-refractivity contribution is -0.0771. The zero-order valence-electron chi connectivity index (χ0n) is 15.9. The fraction of sp³-hybridized carbons (Fsp3) is 0.538. The number of hydrogen-bond acceptors (Lipinski definition) is 14. The van der Waals surface area contributed by atoms with E-state index >= 15 is 0 Å². The summed E-state index contributed by atoms with van der Waals surface area (Å²) in [5, 5.41) is 14.7. The molecule has 1 heterocycles. The Labute approximate surface area is 175 Å². The molecule has 16 nitrogen and oxygen atoms in total. The van der Waals surface area contributed by atoms with Gasteiger partial charge in [-0.1, -0.05) is 0 Å². The molecule has 0 fully saturated rings. The van der Waals surface area contributed by atoms with Gasteiger partial charge in [-0.05, 0) is 31.0 Å². The number of fused-ring (bicyclic) bond motifs is 1. The van der Waals surface area contributed by atoms with Crippen LogP contribution in [0.5, 0.6) is 0 Å². The van der Waals surface area contributed by atoms with Crippen molar-refractivity contribution < 1.29 is 31.3 Å². The molecule has 0 radical (unpaired) electrons. The molecule has 1 aliphatic rings. The Bertz CT molecular complexity index is 1030. The van der Waals surface area contributed by atoms with Gasteiger partial charge in [0, 0.05) is 0 Å². The smallest absolute Gasteiger partial charge is 0.244 e. The molecule has 0 amide bonds. The number of anilines is 1. The van der Waals surface area contributed by atoms with Crippen LogP contribution in [0, 0.1) is 27.1 Å². The number of rotatable bonds is 12. The van der Waals surface area contributed by atoms with Crippen molar-refractivity contribution >= 4 is 25.7 Å². The number of aryl methyl sites for hydroxylation is 1. The van der Waals surface area contributed by atoms with E-state index in [-0.39, 0.29) is 27.5 Å². The van der Waals surface area contributed by atoms with Crippen LogP contribution in [0.3, 0.4) is 0 Å². The van der Waals surface area contributed by atoms with Gasteiger partial charge in [0.1, 0.15) is 24.7 Å². The van der Waals surface area contributed by atoms with Crippen molar-refractivity contribution in [3.8, 4) is 0 Å². The molecule has 0 bridgehead atoms. The molecule has 1 aromatic rings. The van der Waals surface area contributed by atoms with Crippen LogP contribution in [-0.2, 0) is 34.6 Å². The largest absolute Gasteiger partial charge is 0.368 e. The number of nitrogens with two attached hydrogens (primary N) is 1. The van der Waals surface area contributed by atoms with Crippen LogP contribution in [0.4, 0.5) is 5.69 Å². The lowest BCUT2D eigenvalue weighted by atomic mass is 9.85. The summed E-state index contributed by atoms with van der Waals surface area (Å²) in [6.45, 7) is -0.209. The van der Waals surface area contributed by atoms with Crippen molar-refractivity contribution in [1.82, 2.24) is 4.72 Å². The minimum atomic E-state index is -4.24. The quantitative estimate of drug-likeness (QED) is 0.267. The minimum absolute atomic E-state index is 0.0563. The van der Waals surface area contributed by atoms with Crippen LogP contribution in [0.2, 0.25) is 0 Å². The summed E-state index contributed by atoms with van der Waals surface area (Å²) in [6, 6.07) is 2.19. The van der Waals surface area contributed by atoms with Crippen LogP contribution in [0.15, 0.2) is 37.9 Å². The first-order chi connectivity index (χ1) is 14.5. The summed E-state index contributed by atoms with van der Waals surface area (Å²) < 4.78 is 51.1. The molecule has 0 aromatic heterocycles. The molecule has 0 aliphatic carbocycles. The molecule has 1 aliphatic heterocycles. The number of primary sulfonamides is 1. The maximum absolute atomic E-state index is 12.7. The SMILES string of the molecule is Cc1cc2c(cc1S(N)(=O)=O)S(=O)(=O)NC(CC(CON=O)(CON=O)CON=O)N2. The van der Waals surface area contributed by atoms with Gasteiger partial charge in [-0.3, -0.25) is 0 Å². The molecule has 1 aromatic carbocycles. The van der Waals surface area contributed by atoms with Gasteiger partial charge in [0.2, 0.25) is 20.0 Å². The standard InChI is InChI=1S/C13H18N6O10S2/c1-8-2-9-11(3-10(8)30(14,23)24)31(25,26)16-12(15-9)4-13(5-27-17-20,6-28-18-21)7-29-19-22/h2-3,12,15-16H,4-7H2,1H3,(H2,14,23,24). The van der Waals surface area contributed by atoms with Crippen LogP contribution < -0.4 is 15.2 Å². The number of hydrogen-bond donors (Lipinski definition) is 3. The molecular formula is C13H18N6O10S2. The average Bonchev–Trinajstić information content (AvgIpc) is 2.67. The van der Waals surface area contributed by atoms with Crippen LogP contribution >= 0.6 is 0 Å². The molecule has 4 N–H and O–H groups in total. The van der Waals surface area contributed by atoms with Crippen molar-refractivity contribution in [2.75, 3.05) is 25.1 Å². The lowest BCUT2D eigenvalue weighted by Gasteiger charge is -2.35. The highest BCUT2D eigenvalue weighted by atomic mass is 32.2. The number of nitrogens with zero attached hydrogens (tertiary/aromatic N) is 3. The Balaban J connectivity index is 2.43.